The predicted octanol–water partition coefficient (Wildman–Crippen LogP) is 3.38. The minimum absolute atomic E-state index is 0.609. The molecule has 0 spiro atoms. The third-order valence-electron chi connectivity index (χ3n) is 4.22. The number of aromatic amines is 2. The van der Waals surface area contributed by atoms with Gasteiger partial charge in [-0.05, 0) is 30.3 Å². The molecule has 8 heteroatoms. The highest BCUT2D eigenvalue weighted by molar-refractivity contribution is 5.73. The summed E-state index contributed by atoms with van der Waals surface area (Å²) in [4.78, 5) is 17.0. The maximum absolute atomic E-state index is 4.40. The summed E-state index contributed by atoms with van der Waals surface area (Å²) in [6.45, 7) is 0. The van der Waals surface area contributed by atoms with Crippen LogP contribution < -0.4 is 0 Å². The van der Waals surface area contributed by atoms with Gasteiger partial charge in [0.2, 0.25) is 0 Å². The van der Waals surface area contributed by atoms with Gasteiger partial charge in [0.25, 0.3) is 0 Å². The molecule has 28 heavy (non-hydrogen) atoms. The average Bonchev–Trinajstić information content (AvgIpc) is 3.46. The quantitative estimate of drug-likeness (QED) is 0.505. The third kappa shape index (κ3) is 3.03. The summed E-state index contributed by atoms with van der Waals surface area (Å²) < 4.78 is 0. The van der Waals surface area contributed by atoms with Gasteiger partial charge in [-0.1, -0.05) is 18.2 Å². The standard InChI is InChI=1S/C20H14N8/c1-4-13(15-11-17(27-25-15)19-21-6-2-7-22-19)10-14(5-1)16-12-18(28-26-16)20-23-8-3-9-24-20/h1-12H,(H,25,27)(H,26,28). The fourth-order valence-corrected chi connectivity index (χ4v) is 2.88. The van der Waals surface area contributed by atoms with Gasteiger partial charge >= 0.3 is 0 Å². The summed E-state index contributed by atoms with van der Waals surface area (Å²) in [6.07, 6.45) is 6.81. The van der Waals surface area contributed by atoms with Crippen molar-refractivity contribution in [2.75, 3.05) is 0 Å². The fraction of sp³-hybridized carbons (Fsp3) is 0. The Kier molecular flexibility index (Phi) is 3.91. The molecule has 1 aromatic carbocycles. The molecule has 0 fully saturated rings. The summed E-state index contributed by atoms with van der Waals surface area (Å²) in [6, 6.07) is 15.4. The molecule has 0 bridgehead atoms. The molecule has 8 nitrogen and oxygen atoms in total. The van der Waals surface area contributed by atoms with E-state index in [0.717, 1.165) is 33.9 Å². The summed E-state index contributed by atoms with van der Waals surface area (Å²) in [7, 11) is 0. The zero-order valence-corrected chi connectivity index (χ0v) is 14.6. The fourth-order valence-electron chi connectivity index (χ4n) is 2.88. The zero-order chi connectivity index (χ0) is 18.8. The number of aromatic nitrogens is 8. The molecular weight excluding hydrogens is 352 g/mol. The van der Waals surface area contributed by atoms with E-state index in [2.05, 4.69) is 40.3 Å². The van der Waals surface area contributed by atoms with E-state index in [4.69, 9.17) is 0 Å². The lowest BCUT2D eigenvalue weighted by Gasteiger charge is -2.00. The molecule has 4 aromatic heterocycles. The SMILES string of the molecule is c1cnc(-c2cc(-c3cccc(-c4cc(-c5ncccn5)[nH]n4)c3)n[nH]2)nc1. The van der Waals surface area contributed by atoms with E-state index in [-0.39, 0.29) is 0 Å². The summed E-state index contributed by atoms with van der Waals surface area (Å²) in [5.41, 5.74) is 5.10. The Hall–Kier alpha value is -4.20. The van der Waals surface area contributed by atoms with E-state index in [0.29, 0.717) is 11.6 Å². The predicted molar refractivity (Wildman–Crippen MR) is 104 cm³/mol. The maximum atomic E-state index is 4.40. The van der Waals surface area contributed by atoms with Gasteiger partial charge in [0, 0.05) is 35.9 Å². The minimum atomic E-state index is 0.609. The van der Waals surface area contributed by atoms with E-state index in [1.165, 1.54) is 0 Å². The second-order valence-electron chi connectivity index (χ2n) is 6.06. The maximum Gasteiger partial charge on any atom is 0.177 e. The molecule has 2 N–H and O–H groups in total. The van der Waals surface area contributed by atoms with Crippen LogP contribution in [0.4, 0.5) is 0 Å². The van der Waals surface area contributed by atoms with Gasteiger partial charge in [-0.15, -0.1) is 0 Å². The van der Waals surface area contributed by atoms with Crippen LogP contribution in [0, 0.1) is 0 Å². The molecule has 4 heterocycles. The monoisotopic (exact) mass is 366 g/mol. The average molecular weight is 366 g/mol. The van der Waals surface area contributed by atoms with E-state index >= 15 is 0 Å². The van der Waals surface area contributed by atoms with Gasteiger partial charge in [0.1, 0.15) is 11.4 Å². The summed E-state index contributed by atoms with van der Waals surface area (Å²) in [5.74, 6) is 1.22. The van der Waals surface area contributed by atoms with Crippen molar-refractivity contribution in [2.45, 2.75) is 0 Å². The van der Waals surface area contributed by atoms with Crippen LogP contribution in [0.2, 0.25) is 0 Å². The van der Waals surface area contributed by atoms with Crippen molar-refractivity contribution in [3.8, 4) is 45.6 Å². The number of hydrogen-bond acceptors (Lipinski definition) is 6. The van der Waals surface area contributed by atoms with Gasteiger partial charge in [-0.25, -0.2) is 19.9 Å². The Balaban J connectivity index is 1.46. The summed E-state index contributed by atoms with van der Waals surface area (Å²) >= 11 is 0. The molecular formula is C20H14N8. The van der Waals surface area contributed by atoms with Crippen molar-refractivity contribution in [1.82, 2.24) is 40.3 Å². The van der Waals surface area contributed by atoms with E-state index in [1.807, 2.05) is 36.4 Å². The van der Waals surface area contributed by atoms with Crippen molar-refractivity contribution >= 4 is 0 Å². The number of hydrogen-bond donors (Lipinski definition) is 2. The molecule has 0 unspecified atom stereocenters. The molecule has 0 atom stereocenters. The van der Waals surface area contributed by atoms with Crippen molar-refractivity contribution in [2.24, 2.45) is 0 Å². The van der Waals surface area contributed by atoms with Crippen LogP contribution in [-0.4, -0.2) is 40.3 Å². The molecule has 0 aliphatic heterocycles. The van der Waals surface area contributed by atoms with E-state index in [9.17, 15) is 0 Å². The normalized spacial score (nSPS) is 10.9. The van der Waals surface area contributed by atoms with Gasteiger partial charge in [0.15, 0.2) is 11.6 Å². The highest BCUT2D eigenvalue weighted by Gasteiger charge is 2.11. The molecule has 0 saturated heterocycles. The van der Waals surface area contributed by atoms with Crippen molar-refractivity contribution in [3.05, 3.63) is 73.3 Å². The highest BCUT2D eigenvalue weighted by Crippen LogP contribution is 2.27. The first-order valence-electron chi connectivity index (χ1n) is 8.63. The molecule has 0 aliphatic rings. The lowest BCUT2D eigenvalue weighted by molar-refractivity contribution is 1.06. The Bertz CT molecular complexity index is 1120. The number of benzene rings is 1. The highest BCUT2D eigenvalue weighted by atomic mass is 15.1. The Morgan fingerprint density at radius 3 is 1.46 bits per heavy atom. The topological polar surface area (TPSA) is 109 Å². The Morgan fingerprint density at radius 2 is 1.00 bits per heavy atom. The second-order valence-corrected chi connectivity index (χ2v) is 6.06. The van der Waals surface area contributed by atoms with Crippen LogP contribution in [0.3, 0.4) is 0 Å². The van der Waals surface area contributed by atoms with Crippen LogP contribution in [0.1, 0.15) is 0 Å². The first-order chi connectivity index (χ1) is 13.9. The van der Waals surface area contributed by atoms with Gasteiger partial charge in [-0.2, -0.15) is 10.2 Å². The number of nitrogens with one attached hydrogen (secondary N) is 2. The Morgan fingerprint density at radius 1 is 0.536 bits per heavy atom. The first-order valence-corrected chi connectivity index (χ1v) is 8.63. The van der Waals surface area contributed by atoms with E-state index in [1.54, 1.807) is 36.9 Å². The largest absolute Gasteiger partial charge is 0.274 e. The van der Waals surface area contributed by atoms with Crippen LogP contribution in [-0.2, 0) is 0 Å². The van der Waals surface area contributed by atoms with Crippen molar-refractivity contribution < 1.29 is 0 Å². The molecule has 0 aliphatic carbocycles. The van der Waals surface area contributed by atoms with Crippen LogP contribution in [0.5, 0.6) is 0 Å². The van der Waals surface area contributed by atoms with Gasteiger partial charge in [-0.3, -0.25) is 10.2 Å². The summed E-state index contributed by atoms with van der Waals surface area (Å²) in [5, 5.41) is 14.8. The zero-order valence-electron chi connectivity index (χ0n) is 14.6. The lowest BCUT2D eigenvalue weighted by Crippen LogP contribution is -1.85. The van der Waals surface area contributed by atoms with E-state index < -0.39 is 0 Å². The Labute approximate surface area is 159 Å². The minimum Gasteiger partial charge on any atom is -0.274 e. The molecule has 0 radical (unpaired) electrons. The number of nitrogens with zero attached hydrogens (tertiary/aromatic N) is 6. The molecule has 0 amide bonds. The molecule has 134 valence electrons. The van der Waals surface area contributed by atoms with Gasteiger partial charge in [0.05, 0.1) is 11.4 Å². The second kappa shape index (κ2) is 6.84. The third-order valence-corrected chi connectivity index (χ3v) is 4.22. The van der Waals surface area contributed by atoms with Crippen LogP contribution in [0.15, 0.2) is 73.3 Å². The lowest BCUT2D eigenvalue weighted by atomic mass is 10.1. The molecule has 5 rings (SSSR count). The first kappa shape index (κ1) is 16.0. The molecule has 5 aromatic rings. The van der Waals surface area contributed by atoms with Crippen molar-refractivity contribution in [1.29, 1.82) is 0 Å². The van der Waals surface area contributed by atoms with Crippen LogP contribution >= 0.6 is 0 Å². The molecule has 0 saturated carbocycles. The number of rotatable bonds is 4. The number of H-pyrrole nitrogens is 2. The van der Waals surface area contributed by atoms with Crippen LogP contribution in [0.25, 0.3) is 45.6 Å². The van der Waals surface area contributed by atoms with Crippen molar-refractivity contribution in [3.63, 3.8) is 0 Å². The van der Waals surface area contributed by atoms with Gasteiger partial charge < -0.3 is 0 Å². The smallest absolute Gasteiger partial charge is 0.177 e.